The van der Waals surface area contributed by atoms with Gasteiger partial charge in [-0.2, -0.15) is 5.26 Å². The maximum atomic E-state index is 8.69. The van der Waals surface area contributed by atoms with E-state index in [1.807, 2.05) is 36.4 Å². The number of rotatable bonds is 3. The van der Waals surface area contributed by atoms with Crippen LogP contribution in [0.1, 0.15) is 6.93 Å². The van der Waals surface area contributed by atoms with Crippen LogP contribution in [0.15, 0.2) is 54.6 Å². The van der Waals surface area contributed by atoms with Crippen molar-refractivity contribution in [2.24, 2.45) is 0 Å². The normalized spacial score (nSPS) is 12.3. The first kappa shape index (κ1) is 8.99. The third-order valence-corrected chi connectivity index (χ3v) is 2.07. The molecule has 1 atom stereocenters. The first-order valence-electron chi connectivity index (χ1n) is 5.52. The van der Waals surface area contributed by atoms with Gasteiger partial charge in [0.25, 0.3) is 0 Å². The van der Waals surface area contributed by atoms with E-state index in [4.69, 9.17) is 11.4 Å². The molecule has 0 spiro atoms. The van der Waals surface area contributed by atoms with Gasteiger partial charge in [0.2, 0.25) is 0 Å². The van der Waals surface area contributed by atoms with Crippen LogP contribution in [0.5, 0.6) is 11.5 Å². The molecule has 0 amide bonds. The molecule has 2 rings (SSSR count). The van der Waals surface area contributed by atoms with Gasteiger partial charge < -0.3 is 4.74 Å². The predicted molar refractivity (Wildman–Crippen MR) is 62.3 cm³/mol. The zero-order valence-electron chi connectivity index (χ0n) is 9.63. The summed E-state index contributed by atoms with van der Waals surface area (Å²) in [6.07, 6.45) is -0.866. The molecule has 0 saturated heterocycles. The molecule has 0 aliphatic heterocycles. The summed E-state index contributed by atoms with van der Waals surface area (Å²) in [4.78, 5) is 0. The molecule has 0 heterocycles. The van der Waals surface area contributed by atoms with Crippen molar-refractivity contribution in [1.82, 2.24) is 0 Å². The topological polar surface area (TPSA) is 33.0 Å². The Morgan fingerprint density at radius 1 is 1.06 bits per heavy atom. The average molecular weight is 210 g/mol. The van der Waals surface area contributed by atoms with Crippen molar-refractivity contribution in [3.63, 3.8) is 0 Å². The van der Waals surface area contributed by atoms with E-state index in [-0.39, 0.29) is 0 Å². The van der Waals surface area contributed by atoms with Crippen molar-refractivity contribution in [1.29, 1.82) is 5.26 Å². The molecule has 2 nitrogen and oxygen atoms in total. The molecule has 0 saturated carbocycles. The van der Waals surface area contributed by atoms with Crippen molar-refractivity contribution in [3.05, 3.63) is 60.2 Å². The minimum absolute atomic E-state index is 0.640. The lowest BCUT2D eigenvalue weighted by molar-refractivity contribution is 0.482. The lowest BCUT2D eigenvalue weighted by atomic mass is 10.1. The molecular formula is C14H11NO. The molecule has 0 aliphatic rings. The summed E-state index contributed by atoms with van der Waals surface area (Å²) in [5.41, 5.74) is 0.640. The third kappa shape index (κ3) is 2.61. The second kappa shape index (κ2) is 4.99. The van der Waals surface area contributed by atoms with Gasteiger partial charge in [0.15, 0.2) is 0 Å². The largest absolute Gasteiger partial charge is 0.457 e. The molecule has 78 valence electrons. The van der Waals surface area contributed by atoms with Gasteiger partial charge in [0.1, 0.15) is 11.5 Å². The highest BCUT2D eigenvalue weighted by atomic mass is 16.5. The first-order valence-corrected chi connectivity index (χ1v) is 4.94. The third-order valence-electron chi connectivity index (χ3n) is 2.07. The molecular weight excluding hydrogens is 198 g/mol. The molecule has 2 aromatic rings. The van der Waals surface area contributed by atoms with Crippen molar-refractivity contribution >= 4 is 0 Å². The number of nitrogens with zero attached hydrogens (tertiary/aromatic N) is 1. The van der Waals surface area contributed by atoms with Gasteiger partial charge in [-0.3, -0.25) is 0 Å². The van der Waals surface area contributed by atoms with Crippen LogP contribution in [0.3, 0.4) is 0 Å². The molecule has 0 fully saturated rings. The number of nitriles is 1. The minimum atomic E-state index is -0.866. The fraction of sp³-hybridized carbons (Fsp3) is 0.0714. The van der Waals surface area contributed by atoms with Crippen molar-refractivity contribution in [3.8, 4) is 17.6 Å². The van der Waals surface area contributed by atoms with Crippen LogP contribution >= 0.6 is 0 Å². The van der Waals surface area contributed by atoms with Crippen LogP contribution in [0.25, 0.3) is 0 Å². The van der Waals surface area contributed by atoms with Gasteiger partial charge in [-0.1, -0.05) is 30.3 Å². The molecule has 0 aliphatic carbocycles. The SMILES string of the molecule is [2H]C(C#N)c1cccc(Oc2ccccc2)c1. The van der Waals surface area contributed by atoms with Crippen LogP contribution in [0.2, 0.25) is 0 Å². The Kier molecular flexibility index (Phi) is 2.81. The summed E-state index contributed by atoms with van der Waals surface area (Å²) in [6.45, 7) is 0. The summed E-state index contributed by atoms with van der Waals surface area (Å²) < 4.78 is 13.1. The quantitative estimate of drug-likeness (QED) is 0.776. The standard InChI is InChI=1S/C14H11NO/c15-10-9-12-5-4-8-14(11-12)16-13-6-2-1-3-7-13/h1-8,11H,9H2/i9D. The summed E-state index contributed by atoms with van der Waals surface area (Å²) >= 11 is 0. The zero-order valence-corrected chi connectivity index (χ0v) is 8.63. The fourth-order valence-electron chi connectivity index (χ4n) is 1.37. The Bertz CT molecular complexity index is 533. The highest BCUT2D eigenvalue weighted by Crippen LogP contribution is 2.21. The second-order valence-corrected chi connectivity index (χ2v) is 3.26. The molecule has 1 unspecified atom stereocenters. The van der Waals surface area contributed by atoms with Gasteiger partial charge in [0.05, 0.1) is 12.5 Å². The van der Waals surface area contributed by atoms with Gasteiger partial charge in [-0.15, -0.1) is 0 Å². The van der Waals surface area contributed by atoms with Crippen molar-refractivity contribution in [2.75, 3.05) is 0 Å². The lowest BCUT2D eigenvalue weighted by Crippen LogP contribution is -1.86. The van der Waals surface area contributed by atoms with Crippen LogP contribution in [-0.2, 0) is 6.40 Å². The molecule has 16 heavy (non-hydrogen) atoms. The molecule has 0 aromatic heterocycles. The summed E-state index contributed by atoms with van der Waals surface area (Å²) in [6, 6.07) is 18.3. The Labute approximate surface area is 96.1 Å². The molecule has 2 aromatic carbocycles. The number of ether oxygens (including phenoxy) is 1. The highest BCUT2D eigenvalue weighted by Gasteiger charge is 1.98. The summed E-state index contributed by atoms with van der Waals surface area (Å²) in [5, 5.41) is 8.69. The predicted octanol–water partition coefficient (Wildman–Crippen LogP) is 3.54. The van der Waals surface area contributed by atoms with E-state index in [9.17, 15) is 0 Å². The summed E-state index contributed by atoms with van der Waals surface area (Å²) in [5.74, 6) is 1.38. The minimum Gasteiger partial charge on any atom is -0.457 e. The summed E-state index contributed by atoms with van der Waals surface area (Å²) in [7, 11) is 0. The van der Waals surface area contributed by atoms with Gasteiger partial charge in [0, 0.05) is 1.37 Å². The van der Waals surface area contributed by atoms with Gasteiger partial charge in [-0.05, 0) is 29.8 Å². The zero-order chi connectivity index (χ0) is 12.1. The Hall–Kier alpha value is -2.27. The molecule has 0 N–H and O–H groups in total. The van der Waals surface area contributed by atoms with Crippen LogP contribution < -0.4 is 4.74 Å². The highest BCUT2D eigenvalue weighted by molar-refractivity contribution is 5.34. The molecule has 0 bridgehead atoms. The molecule has 0 radical (unpaired) electrons. The number of hydrogen-bond donors (Lipinski definition) is 0. The van der Waals surface area contributed by atoms with E-state index < -0.39 is 6.40 Å². The fourth-order valence-corrected chi connectivity index (χ4v) is 1.37. The van der Waals surface area contributed by atoms with E-state index in [0.717, 1.165) is 5.75 Å². The van der Waals surface area contributed by atoms with Gasteiger partial charge >= 0.3 is 0 Å². The maximum Gasteiger partial charge on any atom is 0.127 e. The van der Waals surface area contributed by atoms with E-state index in [0.29, 0.717) is 11.3 Å². The van der Waals surface area contributed by atoms with Crippen molar-refractivity contribution in [2.45, 2.75) is 6.40 Å². The number of para-hydroxylation sites is 1. The lowest BCUT2D eigenvalue weighted by Gasteiger charge is -2.05. The smallest absolute Gasteiger partial charge is 0.127 e. The first-order chi connectivity index (χ1) is 8.29. The van der Waals surface area contributed by atoms with Crippen LogP contribution in [0, 0.1) is 11.3 Å². The molecule has 2 heteroatoms. The second-order valence-electron chi connectivity index (χ2n) is 3.26. The van der Waals surface area contributed by atoms with Crippen LogP contribution in [-0.4, -0.2) is 0 Å². The average Bonchev–Trinajstić information content (AvgIpc) is 2.39. The van der Waals surface area contributed by atoms with Crippen LogP contribution in [0.4, 0.5) is 0 Å². The van der Waals surface area contributed by atoms with E-state index in [2.05, 4.69) is 0 Å². The monoisotopic (exact) mass is 210 g/mol. The Morgan fingerprint density at radius 2 is 1.81 bits per heavy atom. The van der Waals surface area contributed by atoms with Crippen molar-refractivity contribution < 1.29 is 6.11 Å². The van der Waals surface area contributed by atoms with E-state index in [1.165, 1.54) is 0 Å². The number of benzene rings is 2. The Balaban J connectivity index is 2.20. The van der Waals surface area contributed by atoms with E-state index >= 15 is 0 Å². The number of hydrogen-bond acceptors (Lipinski definition) is 2. The van der Waals surface area contributed by atoms with E-state index in [1.54, 1.807) is 24.3 Å². The maximum absolute atomic E-state index is 8.69. The Morgan fingerprint density at radius 3 is 2.56 bits per heavy atom. The van der Waals surface area contributed by atoms with Gasteiger partial charge in [-0.25, -0.2) is 0 Å².